The quantitative estimate of drug-likeness (QED) is 0.471. The van der Waals surface area contributed by atoms with Gasteiger partial charge in [0.05, 0.1) is 18.5 Å². The Morgan fingerprint density at radius 1 is 1.11 bits per heavy atom. The maximum Gasteiger partial charge on any atom is 0.180 e. The van der Waals surface area contributed by atoms with E-state index in [-0.39, 0.29) is 0 Å². The van der Waals surface area contributed by atoms with E-state index in [4.69, 9.17) is 32.7 Å². The Labute approximate surface area is 175 Å². The summed E-state index contributed by atoms with van der Waals surface area (Å²) in [5.41, 5.74) is 2.05. The standard InChI is InChI=1S/C21H23Cl2N3O2/c1-27-20-12-17(13-24-7-2-9-26-10-8-25-15-26)11-19(23)21(20)28-14-16-3-5-18(22)6-4-16/h3-6,8,10-12,15,24H,2,7,9,13-14H2,1H3. The summed E-state index contributed by atoms with van der Waals surface area (Å²) in [6.07, 6.45) is 6.60. The first kappa shape index (κ1) is 20.5. The Balaban J connectivity index is 1.53. The molecule has 1 N–H and O–H groups in total. The van der Waals surface area contributed by atoms with Gasteiger partial charge in [0.25, 0.3) is 0 Å². The van der Waals surface area contributed by atoms with Crippen molar-refractivity contribution in [2.45, 2.75) is 26.1 Å². The molecule has 0 atom stereocenters. The topological polar surface area (TPSA) is 48.3 Å². The van der Waals surface area contributed by atoms with E-state index < -0.39 is 0 Å². The molecule has 3 aromatic rings. The van der Waals surface area contributed by atoms with Crippen LogP contribution in [0.25, 0.3) is 0 Å². The third-order valence-electron chi connectivity index (χ3n) is 4.24. The number of ether oxygens (including phenoxy) is 2. The zero-order valence-corrected chi connectivity index (χ0v) is 17.2. The largest absolute Gasteiger partial charge is 0.493 e. The summed E-state index contributed by atoms with van der Waals surface area (Å²) in [7, 11) is 1.61. The molecule has 1 heterocycles. The van der Waals surface area contributed by atoms with Gasteiger partial charge in [-0.2, -0.15) is 0 Å². The van der Waals surface area contributed by atoms with Crippen LogP contribution in [0.2, 0.25) is 10.0 Å². The van der Waals surface area contributed by atoms with Crippen molar-refractivity contribution in [2.24, 2.45) is 0 Å². The summed E-state index contributed by atoms with van der Waals surface area (Å²) < 4.78 is 13.4. The predicted molar refractivity (Wildman–Crippen MR) is 112 cm³/mol. The number of benzene rings is 2. The number of halogens is 2. The van der Waals surface area contributed by atoms with E-state index in [0.717, 1.165) is 30.6 Å². The minimum Gasteiger partial charge on any atom is -0.493 e. The number of hydrogen-bond acceptors (Lipinski definition) is 4. The summed E-state index contributed by atoms with van der Waals surface area (Å²) in [6, 6.07) is 11.4. The molecule has 28 heavy (non-hydrogen) atoms. The second-order valence-corrected chi connectivity index (χ2v) is 7.20. The molecule has 0 amide bonds. The molecule has 7 heteroatoms. The summed E-state index contributed by atoms with van der Waals surface area (Å²) >= 11 is 12.4. The van der Waals surface area contributed by atoms with E-state index in [0.29, 0.717) is 34.7 Å². The average molecular weight is 420 g/mol. The van der Waals surface area contributed by atoms with Gasteiger partial charge in [0.1, 0.15) is 6.61 Å². The van der Waals surface area contributed by atoms with Crippen LogP contribution >= 0.6 is 23.2 Å². The highest BCUT2D eigenvalue weighted by Crippen LogP contribution is 2.37. The Morgan fingerprint density at radius 2 is 1.93 bits per heavy atom. The van der Waals surface area contributed by atoms with Crippen LogP contribution < -0.4 is 14.8 Å². The Hall–Kier alpha value is -2.21. The predicted octanol–water partition coefficient (Wildman–Crippen LogP) is 4.96. The molecule has 0 aliphatic rings. The van der Waals surface area contributed by atoms with Gasteiger partial charge in [0, 0.05) is 30.5 Å². The number of aromatic nitrogens is 2. The van der Waals surface area contributed by atoms with Crippen LogP contribution in [0.15, 0.2) is 55.1 Å². The highest BCUT2D eigenvalue weighted by atomic mass is 35.5. The van der Waals surface area contributed by atoms with Crippen molar-refractivity contribution in [3.63, 3.8) is 0 Å². The Morgan fingerprint density at radius 3 is 2.64 bits per heavy atom. The van der Waals surface area contributed by atoms with Crippen molar-refractivity contribution >= 4 is 23.2 Å². The molecule has 2 aromatic carbocycles. The summed E-state index contributed by atoms with van der Waals surface area (Å²) in [6.45, 7) is 2.93. The first-order chi connectivity index (χ1) is 13.7. The third-order valence-corrected chi connectivity index (χ3v) is 4.78. The molecule has 1 aromatic heterocycles. The van der Waals surface area contributed by atoms with Gasteiger partial charge < -0.3 is 19.4 Å². The number of hydrogen-bond donors (Lipinski definition) is 1. The fourth-order valence-corrected chi connectivity index (χ4v) is 3.20. The highest BCUT2D eigenvalue weighted by Gasteiger charge is 2.12. The van der Waals surface area contributed by atoms with E-state index >= 15 is 0 Å². The number of methoxy groups -OCH3 is 1. The maximum atomic E-state index is 6.45. The number of nitrogens with one attached hydrogen (secondary N) is 1. The van der Waals surface area contributed by atoms with E-state index in [1.807, 2.05) is 48.9 Å². The minimum atomic E-state index is 0.388. The molecule has 0 saturated carbocycles. The third kappa shape index (κ3) is 5.89. The van der Waals surface area contributed by atoms with Crippen LogP contribution in [-0.2, 0) is 19.7 Å². The fraction of sp³-hybridized carbons (Fsp3) is 0.286. The number of imidazole rings is 1. The fourth-order valence-electron chi connectivity index (χ4n) is 2.79. The molecular formula is C21H23Cl2N3O2. The van der Waals surface area contributed by atoms with Gasteiger partial charge >= 0.3 is 0 Å². The summed E-state index contributed by atoms with van der Waals surface area (Å²) in [5.74, 6) is 1.17. The SMILES string of the molecule is COc1cc(CNCCCn2ccnc2)cc(Cl)c1OCc1ccc(Cl)cc1. The lowest BCUT2D eigenvalue weighted by molar-refractivity contribution is 0.284. The normalized spacial score (nSPS) is 10.8. The number of rotatable bonds is 10. The first-order valence-electron chi connectivity index (χ1n) is 9.06. The van der Waals surface area contributed by atoms with Crippen molar-refractivity contribution in [3.8, 4) is 11.5 Å². The lowest BCUT2D eigenvalue weighted by Gasteiger charge is -2.15. The van der Waals surface area contributed by atoms with Crippen LogP contribution in [0.1, 0.15) is 17.5 Å². The lowest BCUT2D eigenvalue weighted by Crippen LogP contribution is -2.16. The van der Waals surface area contributed by atoms with E-state index in [1.54, 1.807) is 13.3 Å². The van der Waals surface area contributed by atoms with Crippen molar-refractivity contribution in [2.75, 3.05) is 13.7 Å². The lowest BCUT2D eigenvalue weighted by atomic mass is 10.2. The zero-order valence-electron chi connectivity index (χ0n) is 15.7. The minimum absolute atomic E-state index is 0.388. The number of nitrogens with zero attached hydrogens (tertiary/aromatic N) is 2. The van der Waals surface area contributed by atoms with Crippen LogP contribution in [0, 0.1) is 0 Å². The molecular weight excluding hydrogens is 397 g/mol. The molecule has 3 rings (SSSR count). The highest BCUT2D eigenvalue weighted by molar-refractivity contribution is 6.32. The van der Waals surface area contributed by atoms with E-state index in [2.05, 4.69) is 14.9 Å². The molecule has 148 valence electrons. The first-order valence-corrected chi connectivity index (χ1v) is 9.81. The molecule has 5 nitrogen and oxygen atoms in total. The molecule has 0 bridgehead atoms. The van der Waals surface area contributed by atoms with E-state index in [9.17, 15) is 0 Å². The monoisotopic (exact) mass is 419 g/mol. The molecule has 0 aliphatic carbocycles. The molecule has 0 aliphatic heterocycles. The Bertz CT molecular complexity index is 868. The zero-order chi connectivity index (χ0) is 19.8. The smallest absolute Gasteiger partial charge is 0.180 e. The van der Waals surface area contributed by atoms with Gasteiger partial charge in [0.2, 0.25) is 0 Å². The van der Waals surface area contributed by atoms with Crippen LogP contribution in [0.4, 0.5) is 0 Å². The molecule has 0 saturated heterocycles. The van der Waals surface area contributed by atoms with Gasteiger partial charge in [-0.1, -0.05) is 35.3 Å². The molecule has 0 fully saturated rings. The maximum absolute atomic E-state index is 6.45. The summed E-state index contributed by atoms with van der Waals surface area (Å²) in [5, 5.41) is 4.65. The number of aryl methyl sites for hydroxylation is 1. The Kier molecular flexibility index (Phi) is 7.60. The van der Waals surface area contributed by atoms with Gasteiger partial charge in [-0.15, -0.1) is 0 Å². The second-order valence-electron chi connectivity index (χ2n) is 6.36. The van der Waals surface area contributed by atoms with Crippen LogP contribution in [0.5, 0.6) is 11.5 Å². The van der Waals surface area contributed by atoms with Crippen LogP contribution in [-0.4, -0.2) is 23.2 Å². The van der Waals surface area contributed by atoms with E-state index in [1.165, 1.54) is 0 Å². The van der Waals surface area contributed by atoms with Gasteiger partial charge in [-0.25, -0.2) is 4.98 Å². The molecule has 0 unspecified atom stereocenters. The summed E-state index contributed by atoms with van der Waals surface area (Å²) in [4.78, 5) is 4.04. The molecule has 0 radical (unpaired) electrons. The molecule has 0 spiro atoms. The van der Waals surface area contributed by atoms with Gasteiger partial charge in [-0.3, -0.25) is 0 Å². The van der Waals surface area contributed by atoms with Crippen molar-refractivity contribution in [1.29, 1.82) is 0 Å². The van der Waals surface area contributed by atoms with Crippen LogP contribution in [0.3, 0.4) is 0 Å². The van der Waals surface area contributed by atoms with Crippen molar-refractivity contribution < 1.29 is 9.47 Å². The van der Waals surface area contributed by atoms with Gasteiger partial charge in [-0.05, 0) is 48.4 Å². The second kappa shape index (κ2) is 10.4. The average Bonchev–Trinajstić information content (AvgIpc) is 3.21. The van der Waals surface area contributed by atoms with Crippen molar-refractivity contribution in [3.05, 3.63) is 76.3 Å². The van der Waals surface area contributed by atoms with Crippen molar-refractivity contribution in [1.82, 2.24) is 14.9 Å². The van der Waals surface area contributed by atoms with Gasteiger partial charge in [0.15, 0.2) is 11.5 Å².